The van der Waals surface area contributed by atoms with Gasteiger partial charge in [-0.15, -0.1) is 0 Å². The van der Waals surface area contributed by atoms with E-state index >= 15 is 0 Å². The number of unbranched alkanes of at least 4 members (excludes halogenated alkanes) is 13. The van der Waals surface area contributed by atoms with E-state index in [1.165, 1.54) is 96.0 Å². The van der Waals surface area contributed by atoms with Gasteiger partial charge in [0, 0.05) is 0 Å². The van der Waals surface area contributed by atoms with Crippen molar-refractivity contribution < 1.29 is 10.2 Å². The minimum atomic E-state index is 0.240. The number of aryl methyl sites for hydroxylation is 1. The third kappa shape index (κ3) is 13.4. The zero-order valence-corrected chi connectivity index (χ0v) is 17.6. The summed E-state index contributed by atoms with van der Waals surface area (Å²) >= 11 is 0. The molecular weight excluding hydrogens is 332 g/mol. The van der Waals surface area contributed by atoms with Crippen LogP contribution in [0.1, 0.15) is 109 Å². The molecule has 0 aromatic heterocycles. The zero-order valence-electron chi connectivity index (χ0n) is 17.6. The van der Waals surface area contributed by atoms with Crippen LogP contribution in [-0.4, -0.2) is 10.2 Å². The molecule has 0 saturated heterocycles. The van der Waals surface area contributed by atoms with Crippen molar-refractivity contribution in [3.63, 3.8) is 0 Å². The lowest BCUT2D eigenvalue weighted by molar-refractivity contribution is 0.452. The van der Waals surface area contributed by atoms with Gasteiger partial charge < -0.3 is 10.2 Å². The van der Waals surface area contributed by atoms with Crippen LogP contribution < -0.4 is 0 Å². The second kappa shape index (κ2) is 16.7. The van der Waals surface area contributed by atoms with Crippen molar-refractivity contribution in [1.82, 2.24) is 0 Å². The topological polar surface area (TPSA) is 40.5 Å². The van der Waals surface area contributed by atoms with E-state index < -0.39 is 0 Å². The van der Waals surface area contributed by atoms with Crippen LogP contribution in [0.25, 0.3) is 0 Å². The summed E-state index contributed by atoms with van der Waals surface area (Å²) in [4.78, 5) is 0. The SMILES string of the molecule is CCCCCCCCC=CCCCCCCCCCc1cc(O)ccc1O. The van der Waals surface area contributed by atoms with Crippen molar-refractivity contribution in [2.75, 3.05) is 0 Å². The number of phenols is 2. The van der Waals surface area contributed by atoms with Crippen LogP contribution in [0.4, 0.5) is 0 Å². The van der Waals surface area contributed by atoms with Crippen LogP contribution in [0.3, 0.4) is 0 Å². The third-order valence-electron chi connectivity index (χ3n) is 5.27. The molecule has 0 aliphatic carbocycles. The van der Waals surface area contributed by atoms with Crippen molar-refractivity contribution in [1.29, 1.82) is 0 Å². The fourth-order valence-electron chi connectivity index (χ4n) is 3.51. The summed E-state index contributed by atoms with van der Waals surface area (Å²) in [5.41, 5.74) is 0.864. The molecule has 1 aromatic carbocycles. The number of rotatable bonds is 17. The first-order valence-electron chi connectivity index (χ1n) is 11.4. The van der Waals surface area contributed by atoms with Gasteiger partial charge in [0.25, 0.3) is 0 Å². The number of allylic oxidation sites excluding steroid dienone is 2. The Morgan fingerprint density at radius 1 is 0.667 bits per heavy atom. The number of aromatic hydroxyl groups is 2. The fourth-order valence-corrected chi connectivity index (χ4v) is 3.51. The van der Waals surface area contributed by atoms with E-state index in [2.05, 4.69) is 19.1 Å². The van der Waals surface area contributed by atoms with Crippen molar-refractivity contribution in [3.05, 3.63) is 35.9 Å². The van der Waals surface area contributed by atoms with E-state index in [1.54, 1.807) is 12.1 Å². The Balaban J connectivity index is 1.84. The molecule has 0 unspecified atom stereocenters. The molecule has 0 heterocycles. The predicted molar refractivity (Wildman–Crippen MR) is 118 cm³/mol. The molecule has 2 heteroatoms. The van der Waals surface area contributed by atoms with E-state index in [1.807, 2.05) is 0 Å². The number of benzene rings is 1. The maximum absolute atomic E-state index is 9.75. The summed E-state index contributed by atoms with van der Waals surface area (Å²) in [6.07, 6.45) is 25.3. The van der Waals surface area contributed by atoms with Gasteiger partial charge in [-0.25, -0.2) is 0 Å². The summed E-state index contributed by atoms with van der Waals surface area (Å²) in [6.45, 7) is 2.27. The molecule has 0 saturated carbocycles. The van der Waals surface area contributed by atoms with Crippen LogP contribution >= 0.6 is 0 Å². The van der Waals surface area contributed by atoms with E-state index in [4.69, 9.17) is 0 Å². The molecule has 0 atom stereocenters. The highest BCUT2D eigenvalue weighted by Crippen LogP contribution is 2.24. The average Bonchev–Trinajstić information content (AvgIpc) is 2.67. The fraction of sp³-hybridized carbons (Fsp3) is 0.680. The first-order chi connectivity index (χ1) is 13.2. The van der Waals surface area contributed by atoms with Gasteiger partial charge in [-0.3, -0.25) is 0 Å². The van der Waals surface area contributed by atoms with Crippen LogP contribution in [0.15, 0.2) is 30.4 Å². The molecule has 2 N–H and O–H groups in total. The van der Waals surface area contributed by atoms with Gasteiger partial charge in [0.05, 0.1) is 0 Å². The van der Waals surface area contributed by atoms with Gasteiger partial charge in [-0.1, -0.05) is 83.3 Å². The Kier molecular flexibility index (Phi) is 14.6. The Bertz CT molecular complexity index is 493. The standard InChI is InChI=1S/C25H42O2/c1-2-3-4-5-6-7-8-9-10-11-12-13-14-15-16-17-18-19-23-22-24(26)20-21-25(23)27/h9-10,20-22,26-27H,2-8,11-19H2,1H3. The quantitative estimate of drug-likeness (QED) is 0.164. The Labute approximate surface area is 167 Å². The third-order valence-corrected chi connectivity index (χ3v) is 5.27. The first kappa shape index (κ1) is 23.6. The molecule has 0 spiro atoms. The molecule has 0 amide bonds. The second-order valence-electron chi connectivity index (χ2n) is 7.85. The van der Waals surface area contributed by atoms with Crippen molar-refractivity contribution in [3.8, 4) is 11.5 Å². The second-order valence-corrected chi connectivity index (χ2v) is 7.85. The normalized spacial score (nSPS) is 11.4. The van der Waals surface area contributed by atoms with Gasteiger partial charge in [-0.2, -0.15) is 0 Å². The van der Waals surface area contributed by atoms with Crippen LogP contribution in [0.5, 0.6) is 11.5 Å². The lowest BCUT2D eigenvalue weighted by Gasteiger charge is -2.05. The molecule has 1 rings (SSSR count). The van der Waals surface area contributed by atoms with Gasteiger partial charge in [0.15, 0.2) is 0 Å². The Morgan fingerprint density at radius 3 is 1.78 bits per heavy atom. The van der Waals surface area contributed by atoms with E-state index in [-0.39, 0.29) is 5.75 Å². The minimum absolute atomic E-state index is 0.240. The largest absolute Gasteiger partial charge is 0.508 e. The highest BCUT2D eigenvalue weighted by Gasteiger charge is 2.02. The van der Waals surface area contributed by atoms with Crippen LogP contribution in [-0.2, 0) is 6.42 Å². The zero-order chi connectivity index (χ0) is 19.6. The summed E-state index contributed by atoms with van der Waals surface area (Å²) in [5, 5.41) is 19.2. The molecule has 0 fully saturated rings. The van der Waals surface area contributed by atoms with Crippen LogP contribution in [0, 0.1) is 0 Å². The maximum atomic E-state index is 9.75. The Hall–Kier alpha value is -1.44. The molecule has 1 aromatic rings. The van der Waals surface area contributed by atoms with E-state index in [0.29, 0.717) is 5.75 Å². The van der Waals surface area contributed by atoms with Gasteiger partial charge >= 0.3 is 0 Å². The highest BCUT2D eigenvalue weighted by atomic mass is 16.3. The molecule has 2 nitrogen and oxygen atoms in total. The first-order valence-corrected chi connectivity index (χ1v) is 11.4. The smallest absolute Gasteiger partial charge is 0.119 e. The predicted octanol–water partition coefficient (Wildman–Crippen LogP) is 8.07. The van der Waals surface area contributed by atoms with Crippen molar-refractivity contribution >= 4 is 0 Å². The maximum Gasteiger partial charge on any atom is 0.119 e. The molecule has 0 radical (unpaired) electrons. The van der Waals surface area contributed by atoms with Crippen molar-refractivity contribution in [2.45, 2.75) is 110 Å². The van der Waals surface area contributed by atoms with Crippen LogP contribution in [0.2, 0.25) is 0 Å². The molecule has 27 heavy (non-hydrogen) atoms. The molecular formula is C25H42O2. The van der Waals surface area contributed by atoms with Gasteiger partial charge in [0.1, 0.15) is 11.5 Å². The van der Waals surface area contributed by atoms with Gasteiger partial charge in [-0.05, 0) is 62.3 Å². The molecule has 0 aliphatic heterocycles. The minimum Gasteiger partial charge on any atom is -0.508 e. The number of hydrogen-bond donors (Lipinski definition) is 2. The monoisotopic (exact) mass is 374 g/mol. The molecule has 0 aliphatic rings. The number of phenolic OH excluding ortho intramolecular Hbond substituents is 2. The lowest BCUT2D eigenvalue weighted by Crippen LogP contribution is -1.87. The molecule has 154 valence electrons. The van der Waals surface area contributed by atoms with Gasteiger partial charge in [0.2, 0.25) is 0 Å². The highest BCUT2D eigenvalue weighted by molar-refractivity contribution is 5.38. The summed E-state index contributed by atoms with van der Waals surface area (Å²) in [7, 11) is 0. The van der Waals surface area contributed by atoms with E-state index in [0.717, 1.165) is 18.4 Å². The van der Waals surface area contributed by atoms with E-state index in [9.17, 15) is 10.2 Å². The van der Waals surface area contributed by atoms with Crippen molar-refractivity contribution in [2.24, 2.45) is 0 Å². The average molecular weight is 375 g/mol. The summed E-state index contributed by atoms with van der Waals surface area (Å²) in [6, 6.07) is 4.78. The lowest BCUT2D eigenvalue weighted by atomic mass is 10.0. The number of hydrogen-bond acceptors (Lipinski definition) is 2. The molecule has 0 bridgehead atoms. The summed E-state index contributed by atoms with van der Waals surface area (Å²) < 4.78 is 0. The Morgan fingerprint density at radius 2 is 1.19 bits per heavy atom. The summed E-state index contributed by atoms with van der Waals surface area (Å²) in [5.74, 6) is 0.543.